The first-order valence-electron chi connectivity index (χ1n) is 4.88. The van der Waals surface area contributed by atoms with Gasteiger partial charge in [-0.3, -0.25) is 0 Å². The summed E-state index contributed by atoms with van der Waals surface area (Å²) in [6, 6.07) is 0. The molecule has 0 aliphatic rings. The lowest BCUT2D eigenvalue weighted by molar-refractivity contribution is 0.553. The van der Waals surface area contributed by atoms with Gasteiger partial charge in [0.2, 0.25) is 0 Å². The molecule has 0 bridgehead atoms. The van der Waals surface area contributed by atoms with E-state index in [-0.39, 0.29) is 0 Å². The Labute approximate surface area is 86.5 Å². The monoisotopic (exact) mass is 208 g/mol. The Hall–Kier alpha value is 0.640. The van der Waals surface area contributed by atoms with E-state index in [2.05, 4.69) is 32.5 Å². The normalized spacial score (nSPS) is 13.8. The summed E-state index contributed by atoms with van der Waals surface area (Å²) in [5.41, 5.74) is 0. The lowest BCUT2D eigenvalue weighted by atomic mass is 10.1. The van der Waals surface area contributed by atoms with Crippen LogP contribution in [0, 0.1) is 11.8 Å². The SMILES string of the molecule is CCC(CC)CSCC(C)CCl. The average molecular weight is 209 g/mol. The van der Waals surface area contributed by atoms with Crippen LogP contribution in [0.25, 0.3) is 0 Å². The van der Waals surface area contributed by atoms with E-state index in [1.807, 2.05) is 0 Å². The van der Waals surface area contributed by atoms with Gasteiger partial charge in [0.1, 0.15) is 0 Å². The molecule has 0 aromatic heterocycles. The van der Waals surface area contributed by atoms with Gasteiger partial charge in [0.25, 0.3) is 0 Å². The molecule has 0 aliphatic heterocycles. The van der Waals surface area contributed by atoms with Crippen molar-refractivity contribution in [1.82, 2.24) is 0 Å². The van der Waals surface area contributed by atoms with Gasteiger partial charge in [-0.25, -0.2) is 0 Å². The lowest BCUT2D eigenvalue weighted by Crippen LogP contribution is -2.05. The minimum absolute atomic E-state index is 0.672. The summed E-state index contributed by atoms with van der Waals surface area (Å²) in [5, 5.41) is 0. The molecule has 0 nitrogen and oxygen atoms in total. The Kier molecular flexibility index (Phi) is 8.69. The first kappa shape index (κ1) is 12.6. The second kappa shape index (κ2) is 8.25. The van der Waals surface area contributed by atoms with Crippen LogP contribution in [0.15, 0.2) is 0 Å². The van der Waals surface area contributed by atoms with Crippen molar-refractivity contribution in [3.63, 3.8) is 0 Å². The summed E-state index contributed by atoms with van der Waals surface area (Å²) < 4.78 is 0. The highest BCUT2D eigenvalue weighted by molar-refractivity contribution is 7.99. The van der Waals surface area contributed by atoms with E-state index >= 15 is 0 Å². The highest BCUT2D eigenvalue weighted by Crippen LogP contribution is 2.17. The van der Waals surface area contributed by atoms with Gasteiger partial charge in [-0.2, -0.15) is 11.8 Å². The van der Waals surface area contributed by atoms with Gasteiger partial charge in [-0.15, -0.1) is 11.6 Å². The third-order valence-corrected chi connectivity index (χ3v) is 4.21. The van der Waals surface area contributed by atoms with Crippen molar-refractivity contribution in [2.75, 3.05) is 17.4 Å². The van der Waals surface area contributed by atoms with Crippen LogP contribution in [0.4, 0.5) is 0 Å². The van der Waals surface area contributed by atoms with Gasteiger partial charge >= 0.3 is 0 Å². The van der Waals surface area contributed by atoms with Crippen molar-refractivity contribution in [3.8, 4) is 0 Å². The van der Waals surface area contributed by atoms with Gasteiger partial charge in [0.15, 0.2) is 0 Å². The van der Waals surface area contributed by atoms with Crippen LogP contribution in [0.2, 0.25) is 0 Å². The summed E-state index contributed by atoms with van der Waals surface area (Å²) in [6.45, 7) is 6.77. The van der Waals surface area contributed by atoms with Crippen LogP contribution in [-0.2, 0) is 0 Å². The van der Waals surface area contributed by atoms with Crippen LogP contribution in [0.3, 0.4) is 0 Å². The summed E-state index contributed by atoms with van der Waals surface area (Å²) in [6.07, 6.45) is 2.64. The van der Waals surface area contributed by atoms with E-state index in [0.29, 0.717) is 5.92 Å². The maximum absolute atomic E-state index is 5.72. The van der Waals surface area contributed by atoms with Crippen LogP contribution in [-0.4, -0.2) is 17.4 Å². The molecule has 0 N–H and O–H groups in total. The zero-order chi connectivity index (χ0) is 9.40. The molecule has 0 aromatic rings. The van der Waals surface area contributed by atoms with E-state index in [1.54, 1.807) is 0 Å². The molecule has 0 fully saturated rings. The fourth-order valence-electron chi connectivity index (χ4n) is 1.00. The molecule has 1 atom stereocenters. The zero-order valence-corrected chi connectivity index (χ0v) is 10.0. The van der Waals surface area contributed by atoms with Gasteiger partial charge < -0.3 is 0 Å². The van der Waals surface area contributed by atoms with E-state index in [4.69, 9.17) is 11.6 Å². The number of halogens is 1. The maximum atomic E-state index is 5.72. The summed E-state index contributed by atoms with van der Waals surface area (Å²) in [7, 11) is 0. The van der Waals surface area contributed by atoms with E-state index < -0.39 is 0 Å². The molecule has 0 heterocycles. The van der Waals surface area contributed by atoms with Gasteiger partial charge in [-0.1, -0.05) is 33.6 Å². The predicted molar refractivity (Wildman–Crippen MR) is 61.3 cm³/mol. The standard InChI is InChI=1S/C10H21ClS/c1-4-10(5-2)8-12-7-9(3)6-11/h9-10H,4-8H2,1-3H3. The summed E-state index contributed by atoms with van der Waals surface area (Å²) >= 11 is 7.78. The molecule has 2 heteroatoms. The largest absolute Gasteiger partial charge is 0.161 e. The molecule has 74 valence electrons. The maximum Gasteiger partial charge on any atom is 0.0257 e. The number of alkyl halides is 1. The molecule has 0 saturated carbocycles. The third kappa shape index (κ3) is 6.19. The molecular weight excluding hydrogens is 188 g/mol. The number of thioether (sulfide) groups is 1. The van der Waals surface area contributed by atoms with Crippen LogP contribution in [0.5, 0.6) is 0 Å². The average Bonchev–Trinajstić information content (AvgIpc) is 2.12. The second-order valence-electron chi connectivity index (χ2n) is 3.48. The molecule has 1 unspecified atom stereocenters. The topological polar surface area (TPSA) is 0 Å². The molecule has 12 heavy (non-hydrogen) atoms. The number of rotatable bonds is 7. The Morgan fingerprint density at radius 2 is 1.75 bits per heavy atom. The fraction of sp³-hybridized carbons (Fsp3) is 1.00. The first-order valence-corrected chi connectivity index (χ1v) is 6.57. The van der Waals surface area contributed by atoms with Gasteiger partial charge in [0.05, 0.1) is 0 Å². The van der Waals surface area contributed by atoms with Crippen LogP contribution < -0.4 is 0 Å². The molecule has 0 radical (unpaired) electrons. The smallest absolute Gasteiger partial charge is 0.0257 e. The Balaban J connectivity index is 3.28. The van der Waals surface area contributed by atoms with Crippen molar-refractivity contribution in [3.05, 3.63) is 0 Å². The molecule has 0 amide bonds. The zero-order valence-electron chi connectivity index (χ0n) is 8.48. The number of hydrogen-bond donors (Lipinski definition) is 0. The van der Waals surface area contributed by atoms with Crippen LogP contribution in [0.1, 0.15) is 33.6 Å². The summed E-state index contributed by atoms with van der Waals surface area (Å²) in [4.78, 5) is 0. The fourth-order valence-corrected chi connectivity index (χ4v) is 2.70. The minimum Gasteiger partial charge on any atom is -0.161 e. The summed E-state index contributed by atoms with van der Waals surface area (Å²) in [5.74, 6) is 4.92. The molecule has 0 rings (SSSR count). The highest BCUT2D eigenvalue weighted by Gasteiger charge is 2.05. The van der Waals surface area contributed by atoms with Crippen molar-refractivity contribution < 1.29 is 0 Å². The third-order valence-electron chi connectivity index (χ3n) is 2.17. The quantitative estimate of drug-likeness (QED) is 0.570. The van der Waals surface area contributed by atoms with E-state index in [0.717, 1.165) is 11.8 Å². The molecule has 0 spiro atoms. The first-order chi connectivity index (χ1) is 5.74. The molecule has 0 saturated heterocycles. The molecular formula is C10H21ClS. The Morgan fingerprint density at radius 1 is 1.17 bits per heavy atom. The lowest BCUT2D eigenvalue weighted by Gasteiger charge is -2.12. The Bertz CT molecular complexity index is 91.8. The van der Waals surface area contributed by atoms with Crippen LogP contribution >= 0.6 is 23.4 Å². The molecule has 0 aromatic carbocycles. The highest BCUT2D eigenvalue weighted by atomic mass is 35.5. The minimum atomic E-state index is 0.672. The molecule has 0 aliphatic carbocycles. The van der Waals surface area contributed by atoms with Crippen molar-refractivity contribution in [1.29, 1.82) is 0 Å². The number of hydrogen-bond acceptors (Lipinski definition) is 1. The van der Waals surface area contributed by atoms with E-state index in [9.17, 15) is 0 Å². The van der Waals surface area contributed by atoms with Crippen molar-refractivity contribution in [2.24, 2.45) is 11.8 Å². The van der Waals surface area contributed by atoms with Crippen molar-refractivity contribution >= 4 is 23.4 Å². The predicted octanol–water partition coefficient (Wildman–Crippen LogP) is 4.03. The van der Waals surface area contributed by atoms with Gasteiger partial charge in [-0.05, 0) is 23.3 Å². The van der Waals surface area contributed by atoms with Gasteiger partial charge in [0, 0.05) is 5.88 Å². The Morgan fingerprint density at radius 3 is 2.17 bits per heavy atom. The van der Waals surface area contributed by atoms with E-state index in [1.165, 1.54) is 24.3 Å². The second-order valence-corrected chi connectivity index (χ2v) is 4.86. The van der Waals surface area contributed by atoms with Crippen molar-refractivity contribution in [2.45, 2.75) is 33.6 Å².